The van der Waals surface area contributed by atoms with Crippen molar-refractivity contribution in [3.8, 4) is 0 Å². The first-order valence-electron chi connectivity index (χ1n) is 6.71. The molecule has 1 aromatic heterocycles. The fourth-order valence-corrected chi connectivity index (χ4v) is 1.78. The highest BCUT2D eigenvalue weighted by atomic mass is 16.1. The molecule has 0 aliphatic heterocycles. The summed E-state index contributed by atoms with van der Waals surface area (Å²) >= 11 is 0. The molecule has 6 nitrogen and oxygen atoms in total. The van der Waals surface area contributed by atoms with Gasteiger partial charge in [-0.25, -0.2) is 0 Å². The topological polar surface area (TPSA) is 72.2 Å². The monoisotopic (exact) mass is 285 g/mol. The Morgan fingerprint density at radius 1 is 1.19 bits per heavy atom. The molecule has 0 radical (unpaired) electrons. The summed E-state index contributed by atoms with van der Waals surface area (Å²) in [4.78, 5) is 12.5. The number of hydrogen-bond donors (Lipinski definition) is 1. The lowest BCUT2D eigenvalue weighted by Gasteiger charge is -2.17. The standard InChI is InChI=1S/C15H19N5O/c1-15(2,3)12-13(21)20(14(16-4)19-18-12)17-10-11-8-6-5-7-9-11/h5-10H,1-4H3,(H,16,19)/b17-10+. The van der Waals surface area contributed by atoms with Gasteiger partial charge in [0.2, 0.25) is 5.95 Å². The average Bonchev–Trinajstić information content (AvgIpc) is 2.45. The van der Waals surface area contributed by atoms with Crippen LogP contribution in [0.15, 0.2) is 40.2 Å². The fourth-order valence-electron chi connectivity index (χ4n) is 1.78. The van der Waals surface area contributed by atoms with Crippen LogP contribution in [0, 0.1) is 0 Å². The molecule has 1 N–H and O–H groups in total. The highest BCUT2D eigenvalue weighted by Gasteiger charge is 2.23. The normalized spacial score (nSPS) is 11.8. The quantitative estimate of drug-likeness (QED) is 0.874. The van der Waals surface area contributed by atoms with E-state index in [1.165, 1.54) is 4.68 Å². The van der Waals surface area contributed by atoms with Crippen LogP contribution in [-0.4, -0.2) is 28.1 Å². The van der Waals surface area contributed by atoms with Gasteiger partial charge in [0.1, 0.15) is 5.69 Å². The third kappa shape index (κ3) is 3.34. The predicted molar refractivity (Wildman–Crippen MR) is 84.0 cm³/mol. The molecule has 0 atom stereocenters. The number of benzene rings is 1. The SMILES string of the molecule is CNc1nnc(C(C)(C)C)c(=O)n1/N=C/c1ccccc1. The molecule has 0 saturated carbocycles. The second kappa shape index (κ2) is 5.87. The van der Waals surface area contributed by atoms with E-state index in [1.54, 1.807) is 13.3 Å². The van der Waals surface area contributed by atoms with Gasteiger partial charge in [-0.2, -0.15) is 9.78 Å². The molecular weight excluding hydrogens is 266 g/mol. The second-order valence-corrected chi connectivity index (χ2v) is 5.64. The summed E-state index contributed by atoms with van der Waals surface area (Å²) in [5.41, 5.74) is 0.627. The summed E-state index contributed by atoms with van der Waals surface area (Å²) < 4.78 is 1.24. The van der Waals surface area contributed by atoms with Crippen molar-refractivity contribution in [2.75, 3.05) is 12.4 Å². The first kappa shape index (κ1) is 14.9. The highest BCUT2D eigenvalue weighted by Crippen LogP contribution is 2.16. The molecule has 21 heavy (non-hydrogen) atoms. The molecule has 1 heterocycles. The zero-order valence-electron chi connectivity index (χ0n) is 12.7. The van der Waals surface area contributed by atoms with Crippen molar-refractivity contribution in [3.63, 3.8) is 0 Å². The zero-order valence-corrected chi connectivity index (χ0v) is 12.7. The molecule has 0 aliphatic rings. The van der Waals surface area contributed by atoms with Gasteiger partial charge in [0, 0.05) is 12.5 Å². The van der Waals surface area contributed by atoms with Crippen molar-refractivity contribution in [2.24, 2.45) is 5.10 Å². The van der Waals surface area contributed by atoms with E-state index in [0.717, 1.165) is 5.56 Å². The molecule has 1 aromatic carbocycles. The van der Waals surface area contributed by atoms with Gasteiger partial charge in [0.15, 0.2) is 0 Å². The van der Waals surface area contributed by atoms with E-state index >= 15 is 0 Å². The summed E-state index contributed by atoms with van der Waals surface area (Å²) in [5, 5.41) is 15.1. The van der Waals surface area contributed by atoms with Crippen LogP contribution < -0.4 is 10.9 Å². The Hall–Kier alpha value is -2.50. The Labute approximate surface area is 123 Å². The van der Waals surface area contributed by atoms with E-state index < -0.39 is 0 Å². The van der Waals surface area contributed by atoms with Crippen LogP contribution in [0.25, 0.3) is 0 Å². The molecule has 6 heteroatoms. The van der Waals surface area contributed by atoms with Gasteiger partial charge in [0.25, 0.3) is 5.56 Å². The minimum absolute atomic E-state index is 0.269. The van der Waals surface area contributed by atoms with Crippen LogP contribution in [0.2, 0.25) is 0 Å². The van der Waals surface area contributed by atoms with Crippen LogP contribution in [0.3, 0.4) is 0 Å². The number of hydrogen-bond acceptors (Lipinski definition) is 5. The van der Waals surface area contributed by atoms with Crippen molar-refractivity contribution >= 4 is 12.2 Å². The van der Waals surface area contributed by atoms with Gasteiger partial charge >= 0.3 is 0 Å². The van der Waals surface area contributed by atoms with E-state index in [4.69, 9.17) is 0 Å². The van der Waals surface area contributed by atoms with E-state index in [1.807, 2.05) is 51.1 Å². The van der Waals surface area contributed by atoms with Crippen molar-refractivity contribution in [1.29, 1.82) is 0 Å². The van der Waals surface area contributed by atoms with Gasteiger partial charge in [-0.1, -0.05) is 51.1 Å². The maximum absolute atomic E-state index is 12.5. The summed E-state index contributed by atoms with van der Waals surface area (Å²) in [6.07, 6.45) is 1.62. The first-order valence-corrected chi connectivity index (χ1v) is 6.71. The molecule has 0 bridgehead atoms. The van der Waals surface area contributed by atoms with Crippen LogP contribution in [0.5, 0.6) is 0 Å². The zero-order chi connectivity index (χ0) is 15.5. The van der Waals surface area contributed by atoms with Gasteiger partial charge in [-0.05, 0) is 5.56 Å². The lowest BCUT2D eigenvalue weighted by Crippen LogP contribution is -2.33. The van der Waals surface area contributed by atoms with E-state index in [9.17, 15) is 4.79 Å². The van der Waals surface area contributed by atoms with Crippen LogP contribution >= 0.6 is 0 Å². The third-order valence-electron chi connectivity index (χ3n) is 2.90. The Morgan fingerprint density at radius 3 is 2.43 bits per heavy atom. The number of rotatable bonds is 3. The molecule has 0 fully saturated rings. The molecule has 0 saturated heterocycles. The van der Waals surface area contributed by atoms with E-state index in [2.05, 4.69) is 20.6 Å². The fraction of sp³-hybridized carbons (Fsp3) is 0.333. The summed E-state index contributed by atoms with van der Waals surface area (Å²) in [7, 11) is 1.68. The maximum atomic E-state index is 12.5. The van der Waals surface area contributed by atoms with Crippen molar-refractivity contribution in [2.45, 2.75) is 26.2 Å². The van der Waals surface area contributed by atoms with Gasteiger partial charge in [-0.3, -0.25) is 4.79 Å². The summed E-state index contributed by atoms with van der Waals surface area (Å²) in [6.45, 7) is 5.76. The number of nitrogens with zero attached hydrogens (tertiary/aromatic N) is 4. The first-order chi connectivity index (χ1) is 9.93. The van der Waals surface area contributed by atoms with Gasteiger partial charge < -0.3 is 5.32 Å². The van der Waals surface area contributed by atoms with E-state index in [0.29, 0.717) is 11.6 Å². The molecule has 0 spiro atoms. The number of aromatic nitrogens is 3. The number of anilines is 1. The predicted octanol–water partition coefficient (Wildman–Crippen LogP) is 1.86. The van der Waals surface area contributed by atoms with Crippen LogP contribution in [0.4, 0.5) is 5.95 Å². The minimum atomic E-state index is -0.389. The molecule has 110 valence electrons. The Morgan fingerprint density at radius 2 is 1.86 bits per heavy atom. The van der Waals surface area contributed by atoms with E-state index in [-0.39, 0.29) is 11.0 Å². The summed E-state index contributed by atoms with van der Waals surface area (Å²) in [5.74, 6) is 0.306. The molecule has 0 aliphatic carbocycles. The Bertz CT molecular complexity index is 698. The van der Waals surface area contributed by atoms with Gasteiger partial charge in [-0.15, -0.1) is 10.2 Å². The second-order valence-electron chi connectivity index (χ2n) is 5.64. The molecule has 0 unspecified atom stereocenters. The largest absolute Gasteiger partial charge is 0.356 e. The maximum Gasteiger partial charge on any atom is 0.298 e. The molecule has 2 rings (SSSR count). The molecule has 0 amide bonds. The van der Waals surface area contributed by atoms with Crippen LogP contribution in [-0.2, 0) is 5.41 Å². The molecule has 2 aromatic rings. The van der Waals surface area contributed by atoms with Crippen molar-refractivity contribution in [1.82, 2.24) is 14.9 Å². The Balaban J connectivity index is 2.51. The van der Waals surface area contributed by atoms with Crippen LogP contribution in [0.1, 0.15) is 32.0 Å². The van der Waals surface area contributed by atoms with Gasteiger partial charge in [0.05, 0.1) is 6.21 Å². The minimum Gasteiger partial charge on any atom is -0.356 e. The lowest BCUT2D eigenvalue weighted by molar-refractivity contribution is 0.534. The van der Waals surface area contributed by atoms with Crippen molar-refractivity contribution in [3.05, 3.63) is 51.9 Å². The number of nitrogens with one attached hydrogen (secondary N) is 1. The Kier molecular flexibility index (Phi) is 4.16. The highest BCUT2D eigenvalue weighted by molar-refractivity contribution is 5.79. The average molecular weight is 285 g/mol. The lowest BCUT2D eigenvalue weighted by atomic mass is 9.93. The smallest absolute Gasteiger partial charge is 0.298 e. The van der Waals surface area contributed by atoms with Crippen molar-refractivity contribution < 1.29 is 0 Å². The molecular formula is C15H19N5O. The third-order valence-corrected chi connectivity index (χ3v) is 2.90. The summed E-state index contributed by atoms with van der Waals surface area (Å²) in [6, 6.07) is 9.57.